The molecule has 0 saturated carbocycles. The lowest BCUT2D eigenvalue weighted by atomic mass is 10.1. The third-order valence-electron chi connectivity index (χ3n) is 2.75. The molecule has 0 bridgehead atoms. The third kappa shape index (κ3) is 9.04. The van der Waals surface area contributed by atoms with Gasteiger partial charge in [-0.05, 0) is 31.9 Å². The molecule has 4 nitrogen and oxygen atoms in total. The molecule has 1 aromatic carbocycles. The number of guanidine groups is 1. The summed E-state index contributed by atoms with van der Waals surface area (Å²) in [4.78, 5) is 4.56. The summed E-state index contributed by atoms with van der Waals surface area (Å²) in [6.45, 7) is 12.7. The number of hydrogen-bond donors (Lipinski definition) is 2. The fraction of sp³-hybridized carbons (Fsp3) is 0.471. The van der Waals surface area contributed by atoms with Gasteiger partial charge in [0, 0.05) is 13.1 Å². The van der Waals surface area contributed by atoms with Crippen molar-refractivity contribution in [2.45, 2.75) is 40.0 Å². The van der Waals surface area contributed by atoms with Gasteiger partial charge >= 0.3 is 0 Å². The summed E-state index contributed by atoms with van der Waals surface area (Å²) in [5, 5.41) is 6.40. The number of aliphatic imine (C=N–C) groups is 1. The molecule has 2 N–H and O–H groups in total. The standard InChI is InChI=1S/C17H27N3O.HI/c1-5-10-19-17(18-6-2)20-12-15-8-7-9-16(11-15)13-21-14(3)4;/h5,7-9,11,14H,1,6,10,12-13H2,2-4H3,(H2,18,19,20);1H. The van der Waals surface area contributed by atoms with Crippen LogP contribution in [0.3, 0.4) is 0 Å². The molecule has 0 spiro atoms. The van der Waals surface area contributed by atoms with E-state index in [-0.39, 0.29) is 30.1 Å². The summed E-state index contributed by atoms with van der Waals surface area (Å²) >= 11 is 0. The largest absolute Gasteiger partial charge is 0.374 e. The minimum Gasteiger partial charge on any atom is -0.374 e. The minimum atomic E-state index is 0. The summed E-state index contributed by atoms with van der Waals surface area (Å²) < 4.78 is 5.63. The highest BCUT2D eigenvalue weighted by atomic mass is 127. The summed E-state index contributed by atoms with van der Waals surface area (Å²) in [6.07, 6.45) is 2.06. The van der Waals surface area contributed by atoms with Crippen molar-refractivity contribution in [3.8, 4) is 0 Å². The van der Waals surface area contributed by atoms with Crippen molar-refractivity contribution < 1.29 is 4.74 Å². The van der Waals surface area contributed by atoms with E-state index >= 15 is 0 Å². The van der Waals surface area contributed by atoms with Gasteiger partial charge in [-0.3, -0.25) is 0 Å². The van der Waals surface area contributed by atoms with Crippen LogP contribution < -0.4 is 10.6 Å². The summed E-state index contributed by atoms with van der Waals surface area (Å²) in [7, 11) is 0. The van der Waals surface area contributed by atoms with E-state index in [2.05, 4.69) is 47.3 Å². The Morgan fingerprint density at radius 3 is 2.68 bits per heavy atom. The van der Waals surface area contributed by atoms with Gasteiger partial charge in [-0.1, -0.05) is 30.3 Å². The van der Waals surface area contributed by atoms with Crippen LogP contribution >= 0.6 is 24.0 Å². The maximum absolute atomic E-state index is 5.63. The van der Waals surface area contributed by atoms with E-state index in [1.54, 1.807) is 0 Å². The lowest BCUT2D eigenvalue weighted by molar-refractivity contribution is 0.0657. The number of ether oxygens (including phenoxy) is 1. The zero-order valence-corrected chi connectivity index (χ0v) is 16.1. The maximum Gasteiger partial charge on any atom is 0.191 e. The smallest absolute Gasteiger partial charge is 0.191 e. The van der Waals surface area contributed by atoms with Gasteiger partial charge in [-0.2, -0.15) is 0 Å². The number of nitrogens with zero attached hydrogens (tertiary/aromatic N) is 1. The second kappa shape index (κ2) is 12.5. The molecule has 124 valence electrons. The number of rotatable bonds is 8. The third-order valence-corrected chi connectivity index (χ3v) is 2.75. The topological polar surface area (TPSA) is 45.7 Å². The molecule has 1 rings (SSSR count). The molecule has 0 atom stereocenters. The fourth-order valence-corrected chi connectivity index (χ4v) is 1.76. The number of benzene rings is 1. The van der Waals surface area contributed by atoms with Gasteiger partial charge in [0.15, 0.2) is 5.96 Å². The first-order valence-corrected chi connectivity index (χ1v) is 7.48. The van der Waals surface area contributed by atoms with E-state index in [4.69, 9.17) is 4.74 Å². The molecular formula is C17H28IN3O. The van der Waals surface area contributed by atoms with Gasteiger partial charge < -0.3 is 15.4 Å². The molecular weight excluding hydrogens is 389 g/mol. The average molecular weight is 417 g/mol. The molecule has 22 heavy (non-hydrogen) atoms. The zero-order valence-electron chi connectivity index (χ0n) is 13.8. The molecule has 0 saturated heterocycles. The summed E-state index contributed by atoms with van der Waals surface area (Å²) in [5.74, 6) is 0.807. The Bertz CT molecular complexity index is 461. The molecule has 0 aliphatic carbocycles. The predicted molar refractivity (Wildman–Crippen MR) is 105 cm³/mol. The zero-order chi connectivity index (χ0) is 15.5. The highest BCUT2D eigenvalue weighted by Gasteiger charge is 2.00. The maximum atomic E-state index is 5.63. The van der Waals surface area contributed by atoms with Gasteiger partial charge in [0.1, 0.15) is 0 Å². The van der Waals surface area contributed by atoms with E-state index in [0.29, 0.717) is 19.7 Å². The summed E-state index contributed by atoms with van der Waals surface area (Å²) in [6, 6.07) is 8.35. The quantitative estimate of drug-likeness (QED) is 0.295. The Morgan fingerprint density at radius 1 is 1.32 bits per heavy atom. The monoisotopic (exact) mass is 417 g/mol. The van der Waals surface area contributed by atoms with Crippen LogP contribution in [0.15, 0.2) is 41.9 Å². The van der Waals surface area contributed by atoms with Gasteiger partial charge in [0.25, 0.3) is 0 Å². The second-order valence-electron chi connectivity index (χ2n) is 5.04. The van der Waals surface area contributed by atoms with Crippen LogP contribution in [0.5, 0.6) is 0 Å². The summed E-state index contributed by atoms with van der Waals surface area (Å²) in [5.41, 5.74) is 2.36. The highest BCUT2D eigenvalue weighted by Crippen LogP contribution is 2.09. The van der Waals surface area contributed by atoms with Crippen molar-refractivity contribution in [1.82, 2.24) is 10.6 Å². The Morgan fingerprint density at radius 2 is 2.05 bits per heavy atom. The van der Waals surface area contributed by atoms with Crippen LogP contribution in [-0.4, -0.2) is 25.2 Å². The second-order valence-corrected chi connectivity index (χ2v) is 5.04. The molecule has 0 amide bonds. The fourth-order valence-electron chi connectivity index (χ4n) is 1.76. The van der Waals surface area contributed by atoms with E-state index in [0.717, 1.165) is 12.5 Å². The van der Waals surface area contributed by atoms with Crippen molar-refractivity contribution >= 4 is 29.9 Å². The van der Waals surface area contributed by atoms with E-state index < -0.39 is 0 Å². The van der Waals surface area contributed by atoms with Crippen molar-refractivity contribution in [3.63, 3.8) is 0 Å². The highest BCUT2D eigenvalue weighted by molar-refractivity contribution is 14.0. The molecule has 0 unspecified atom stereocenters. The lowest BCUT2D eigenvalue weighted by Gasteiger charge is -2.10. The minimum absolute atomic E-state index is 0. The van der Waals surface area contributed by atoms with Crippen molar-refractivity contribution in [2.75, 3.05) is 13.1 Å². The van der Waals surface area contributed by atoms with Crippen LogP contribution in [0.25, 0.3) is 0 Å². The molecule has 5 heteroatoms. The first kappa shape index (κ1) is 20.9. The molecule has 0 aliphatic heterocycles. The van der Waals surface area contributed by atoms with Crippen molar-refractivity contribution in [3.05, 3.63) is 48.0 Å². The average Bonchev–Trinajstić information content (AvgIpc) is 2.48. The molecule has 0 aromatic heterocycles. The Kier molecular flexibility index (Phi) is 11.9. The van der Waals surface area contributed by atoms with Gasteiger partial charge in [0.2, 0.25) is 0 Å². The van der Waals surface area contributed by atoms with Crippen LogP contribution in [0.1, 0.15) is 31.9 Å². The lowest BCUT2D eigenvalue weighted by Crippen LogP contribution is -2.37. The molecule has 0 heterocycles. The number of hydrogen-bond acceptors (Lipinski definition) is 2. The Labute approximate surface area is 151 Å². The van der Waals surface area contributed by atoms with Crippen molar-refractivity contribution in [1.29, 1.82) is 0 Å². The van der Waals surface area contributed by atoms with Crippen molar-refractivity contribution in [2.24, 2.45) is 4.99 Å². The Balaban J connectivity index is 0.00000441. The van der Waals surface area contributed by atoms with Gasteiger partial charge in [-0.25, -0.2) is 4.99 Å². The Hall–Kier alpha value is -1.08. The molecule has 0 fully saturated rings. The molecule has 1 aromatic rings. The first-order chi connectivity index (χ1) is 10.2. The normalized spacial score (nSPS) is 11.0. The number of halogens is 1. The van der Waals surface area contributed by atoms with Crippen LogP contribution in [0.4, 0.5) is 0 Å². The molecule has 0 radical (unpaired) electrons. The van der Waals surface area contributed by atoms with Crippen LogP contribution in [0, 0.1) is 0 Å². The SMILES string of the molecule is C=CCNC(=NCc1cccc(COC(C)C)c1)NCC.I. The van der Waals surface area contributed by atoms with Crippen LogP contribution in [0.2, 0.25) is 0 Å². The van der Waals surface area contributed by atoms with Gasteiger partial charge in [0.05, 0.1) is 19.3 Å². The number of nitrogens with one attached hydrogen (secondary N) is 2. The van der Waals surface area contributed by atoms with E-state index in [1.807, 2.05) is 26.0 Å². The van der Waals surface area contributed by atoms with Gasteiger partial charge in [-0.15, -0.1) is 30.6 Å². The van der Waals surface area contributed by atoms with Crippen LogP contribution in [-0.2, 0) is 17.9 Å². The predicted octanol–water partition coefficient (Wildman–Crippen LogP) is 3.47. The first-order valence-electron chi connectivity index (χ1n) is 7.48. The molecule has 0 aliphatic rings. The van der Waals surface area contributed by atoms with E-state index in [1.165, 1.54) is 11.1 Å². The van der Waals surface area contributed by atoms with E-state index in [9.17, 15) is 0 Å².